The maximum atomic E-state index is 12.2. The van der Waals surface area contributed by atoms with Crippen LogP contribution in [0.3, 0.4) is 0 Å². The molecule has 0 aliphatic carbocycles. The van der Waals surface area contributed by atoms with Gasteiger partial charge in [0.1, 0.15) is 6.04 Å². The first-order chi connectivity index (χ1) is 9.13. The summed E-state index contributed by atoms with van der Waals surface area (Å²) in [6, 6.07) is 9.30. The highest BCUT2D eigenvalue weighted by Crippen LogP contribution is 2.19. The molecule has 0 saturated carbocycles. The number of rotatable bonds is 2. The van der Waals surface area contributed by atoms with E-state index in [1.54, 1.807) is 31.1 Å². The molecule has 1 fully saturated rings. The first-order valence-corrected chi connectivity index (χ1v) is 6.32. The van der Waals surface area contributed by atoms with Gasteiger partial charge in [-0.2, -0.15) is 5.26 Å². The average molecular weight is 258 g/mol. The molecule has 0 spiro atoms. The van der Waals surface area contributed by atoms with Crippen LogP contribution >= 0.6 is 0 Å². The zero-order valence-corrected chi connectivity index (χ0v) is 11.3. The van der Waals surface area contributed by atoms with Crippen LogP contribution in [0.25, 0.3) is 0 Å². The molecule has 1 atom stereocenters. The third kappa shape index (κ3) is 2.85. The summed E-state index contributed by atoms with van der Waals surface area (Å²) in [4.78, 5) is 15.9. The van der Waals surface area contributed by atoms with Gasteiger partial charge < -0.3 is 15.1 Å². The minimum atomic E-state index is -0.184. The maximum absolute atomic E-state index is 12.2. The predicted molar refractivity (Wildman–Crippen MR) is 73.9 cm³/mol. The van der Waals surface area contributed by atoms with Crippen LogP contribution in [0, 0.1) is 11.3 Å². The Bertz CT molecular complexity index is 489. The van der Waals surface area contributed by atoms with Crippen molar-refractivity contribution in [3.8, 4) is 6.07 Å². The maximum Gasteiger partial charge on any atom is 0.246 e. The summed E-state index contributed by atoms with van der Waals surface area (Å²) in [5, 5.41) is 12.1. The van der Waals surface area contributed by atoms with Crippen molar-refractivity contribution in [1.82, 2.24) is 10.2 Å². The topological polar surface area (TPSA) is 59.4 Å². The van der Waals surface area contributed by atoms with E-state index < -0.39 is 0 Å². The van der Waals surface area contributed by atoms with Gasteiger partial charge in [-0.3, -0.25) is 4.79 Å². The van der Waals surface area contributed by atoms with E-state index in [4.69, 9.17) is 5.26 Å². The Morgan fingerprint density at radius 2 is 2.11 bits per heavy atom. The third-order valence-electron chi connectivity index (χ3n) is 3.30. The summed E-state index contributed by atoms with van der Waals surface area (Å²) in [5.74, 6) is 0.0940. The first-order valence-electron chi connectivity index (χ1n) is 6.32. The van der Waals surface area contributed by atoms with E-state index >= 15 is 0 Å². The van der Waals surface area contributed by atoms with Crippen LogP contribution in [0.5, 0.6) is 0 Å². The Morgan fingerprint density at radius 1 is 1.42 bits per heavy atom. The normalized spacial score (nSPS) is 18.8. The molecule has 1 saturated heterocycles. The number of likely N-dealkylation sites (N-methyl/N-ethyl adjacent to an activating group) is 1. The number of hydrogen-bond acceptors (Lipinski definition) is 4. The molecule has 2 rings (SSSR count). The van der Waals surface area contributed by atoms with E-state index in [9.17, 15) is 4.79 Å². The smallest absolute Gasteiger partial charge is 0.246 e. The van der Waals surface area contributed by atoms with Crippen molar-refractivity contribution < 1.29 is 4.79 Å². The highest BCUT2D eigenvalue weighted by molar-refractivity contribution is 5.85. The zero-order valence-electron chi connectivity index (χ0n) is 11.3. The number of hydrogen-bond donors (Lipinski definition) is 1. The van der Waals surface area contributed by atoms with Crippen molar-refractivity contribution >= 4 is 11.6 Å². The number of nitrogens with one attached hydrogen (secondary N) is 1. The fourth-order valence-corrected chi connectivity index (χ4v) is 2.26. The summed E-state index contributed by atoms with van der Waals surface area (Å²) >= 11 is 0. The summed E-state index contributed by atoms with van der Waals surface area (Å²) in [5.41, 5.74) is 1.62. The quantitative estimate of drug-likeness (QED) is 0.835. The Hall–Kier alpha value is -2.06. The van der Waals surface area contributed by atoms with Crippen LogP contribution in [0.2, 0.25) is 0 Å². The molecule has 1 unspecified atom stereocenters. The number of amides is 1. The molecule has 1 amide bonds. The van der Waals surface area contributed by atoms with Crippen molar-refractivity contribution in [2.24, 2.45) is 0 Å². The van der Waals surface area contributed by atoms with E-state index in [0.29, 0.717) is 12.1 Å². The highest BCUT2D eigenvalue weighted by Gasteiger charge is 2.29. The van der Waals surface area contributed by atoms with Crippen molar-refractivity contribution in [3.63, 3.8) is 0 Å². The number of piperazine rings is 1. The molecule has 1 aromatic rings. The third-order valence-corrected chi connectivity index (χ3v) is 3.30. The van der Waals surface area contributed by atoms with Crippen LogP contribution in [-0.4, -0.2) is 50.6 Å². The SMILES string of the molecule is CN(C)C(=O)C1CNCCN1c1ccc(C#N)cc1. The lowest BCUT2D eigenvalue weighted by atomic mass is 10.1. The molecular weight excluding hydrogens is 240 g/mol. The lowest BCUT2D eigenvalue weighted by Crippen LogP contribution is -2.57. The molecule has 1 aliphatic heterocycles. The summed E-state index contributed by atoms with van der Waals surface area (Å²) in [6.07, 6.45) is 0. The standard InChI is InChI=1S/C14H18N4O/c1-17(2)14(19)13-10-16-7-8-18(13)12-5-3-11(9-15)4-6-12/h3-6,13,16H,7-8,10H2,1-2H3. The van der Waals surface area contributed by atoms with Crippen LogP contribution in [0.15, 0.2) is 24.3 Å². The van der Waals surface area contributed by atoms with E-state index in [1.807, 2.05) is 12.1 Å². The second-order valence-corrected chi connectivity index (χ2v) is 4.80. The molecule has 0 bridgehead atoms. The molecule has 5 heteroatoms. The van der Waals surface area contributed by atoms with Crippen LogP contribution < -0.4 is 10.2 Å². The molecule has 5 nitrogen and oxygen atoms in total. The van der Waals surface area contributed by atoms with Crippen LogP contribution in [0.1, 0.15) is 5.56 Å². The van der Waals surface area contributed by atoms with E-state index in [0.717, 1.165) is 18.8 Å². The Labute approximate surface area is 113 Å². The van der Waals surface area contributed by atoms with Crippen molar-refractivity contribution in [2.75, 3.05) is 38.6 Å². The molecule has 1 N–H and O–H groups in total. The van der Waals surface area contributed by atoms with Gasteiger partial charge in [0.25, 0.3) is 0 Å². The number of carbonyl (C=O) groups excluding carboxylic acids is 1. The lowest BCUT2D eigenvalue weighted by molar-refractivity contribution is -0.130. The van der Waals surface area contributed by atoms with Gasteiger partial charge >= 0.3 is 0 Å². The molecule has 0 aromatic heterocycles. The molecule has 0 radical (unpaired) electrons. The first kappa shape index (κ1) is 13.4. The van der Waals surface area contributed by atoms with Crippen molar-refractivity contribution in [1.29, 1.82) is 5.26 Å². The molecule has 1 aliphatic rings. The van der Waals surface area contributed by atoms with Gasteiger partial charge in [-0.25, -0.2) is 0 Å². The monoisotopic (exact) mass is 258 g/mol. The van der Waals surface area contributed by atoms with Gasteiger partial charge in [0.15, 0.2) is 0 Å². The minimum absolute atomic E-state index is 0.0940. The van der Waals surface area contributed by atoms with Gasteiger partial charge in [-0.05, 0) is 24.3 Å². The Morgan fingerprint density at radius 3 is 2.68 bits per heavy atom. The summed E-state index contributed by atoms with van der Waals surface area (Å²) in [7, 11) is 3.54. The average Bonchev–Trinajstić information content (AvgIpc) is 2.46. The van der Waals surface area contributed by atoms with Crippen molar-refractivity contribution in [3.05, 3.63) is 29.8 Å². The highest BCUT2D eigenvalue weighted by atomic mass is 16.2. The summed E-state index contributed by atoms with van der Waals surface area (Å²) in [6.45, 7) is 2.30. The number of anilines is 1. The molecular formula is C14H18N4O. The Kier molecular flexibility index (Phi) is 4.03. The largest absolute Gasteiger partial charge is 0.357 e. The minimum Gasteiger partial charge on any atom is -0.357 e. The lowest BCUT2D eigenvalue weighted by Gasteiger charge is -2.38. The molecule has 19 heavy (non-hydrogen) atoms. The fourth-order valence-electron chi connectivity index (χ4n) is 2.26. The fraction of sp³-hybridized carbons (Fsp3) is 0.429. The number of nitriles is 1. The molecule has 1 aromatic carbocycles. The number of benzene rings is 1. The van der Waals surface area contributed by atoms with E-state index in [2.05, 4.69) is 16.3 Å². The predicted octanol–water partition coefficient (Wildman–Crippen LogP) is 0.425. The number of nitrogens with zero attached hydrogens (tertiary/aromatic N) is 3. The zero-order chi connectivity index (χ0) is 13.8. The second-order valence-electron chi connectivity index (χ2n) is 4.80. The summed E-state index contributed by atoms with van der Waals surface area (Å²) < 4.78 is 0. The van der Waals surface area contributed by atoms with Gasteiger partial charge in [-0.1, -0.05) is 0 Å². The van der Waals surface area contributed by atoms with Gasteiger partial charge in [0.2, 0.25) is 5.91 Å². The number of carbonyl (C=O) groups is 1. The van der Waals surface area contributed by atoms with E-state index in [-0.39, 0.29) is 11.9 Å². The van der Waals surface area contributed by atoms with Gasteiger partial charge in [0.05, 0.1) is 11.6 Å². The van der Waals surface area contributed by atoms with Crippen LogP contribution in [-0.2, 0) is 4.79 Å². The van der Waals surface area contributed by atoms with Crippen molar-refractivity contribution in [2.45, 2.75) is 6.04 Å². The van der Waals surface area contributed by atoms with Crippen LogP contribution in [0.4, 0.5) is 5.69 Å². The second kappa shape index (κ2) is 5.72. The van der Waals surface area contributed by atoms with E-state index in [1.165, 1.54) is 0 Å². The van der Waals surface area contributed by atoms with Gasteiger partial charge in [0, 0.05) is 39.4 Å². The Balaban J connectivity index is 2.23. The molecule has 1 heterocycles. The molecule has 100 valence electrons. The van der Waals surface area contributed by atoms with Gasteiger partial charge in [-0.15, -0.1) is 0 Å².